The third-order valence-corrected chi connectivity index (χ3v) is 4.04. The normalized spacial score (nSPS) is 11.3. The first-order chi connectivity index (χ1) is 9.79. The van der Waals surface area contributed by atoms with E-state index in [1.807, 2.05) is 18.2 Å². The molecule has 0 radical (unpaired) electrons. The minimum atomic E-state index is 0.741. The Labute approximate surface area is 127 Å². The molecule has 20 heavy (non-hydrogen) atoms. The predicted octanol–water partition coefficient (Wildman–Crippen LogP) is 6.77. The molecule has 0 bridgehead atoms. The number of hydrogen-bond donors (Lipinski definition) is 0. The van der Waals surface area contributed by atoms with Crippen LogP contribution in [-0.2, 0) is 6.42 Å². The van der Waals surface area contributed by atoms with E-state index in [-0.39, 0.29) is 0 Å². The van der Waals surface area contributed by atoms with Gasteiger partial charge in [-0.25, -0.2) is 0 Å². The molecule has 0 aliphatic carbocycles. The van der Waals surface area contributed by atoms with Crippen molar-refractivity contribution < 1.29 is 4.42 Å². The number of benzene rings is 1. The lowest BCUT2D eigenvalue weighted by Gasteiger charge is -2.00. The summed E-state index contributed by atoms with van der Waals surface area (Å²) in [6.07, 6.45) is 11.8. The second-order valence-electron chi connectivity index (χ2n) is 5.62. The molecule has 2 heteroatoms. The van der Waals surface area contributed by atoms with Crippen molar-refractivity contribution in [2.75, 3.05) is 0 Å². The molecule has 0 amide bonds. The molecule has 0 N–H and O–H groups in total. The van der Waals surface area contributed by atoms with Crippen LogP contribution in [0.3, 0.4) is 0 Å². The van der Waals surface area contributed by atoms with Gasteiger partial charge in [0.1, 0.15) is 11.3 Å². The maximum absolute atomic E-state index is 5.97. The minimum absolute atomic E-state index is 0.741. The van der Waals surface area contributed by atoms with E-state index in [1.165, 1.54) is 51.4 Å². The Bertz CT molecular complexity index is 515. The maximum Gasteiger partial charge on any atom is 0.135 e. The van der Waals surface area contributed by atoms with Crippen LogP contribution in [0, 0.1) is 0 Å². The zero-order valence-electron chi connectivity index (χ0n) is 12.5. The smallest absolute Gasteiger partial charge is 0.135 e. The maximum atomic E-state index is 5.97. The summed E-state index contributed by atoms with van der Waals surface area (Å²) in [4.78, 5) is 0. The fraction of sp³-hybridized carbons (Fsp3) is 0.556. The number of halogens is 1. The Morgan fingerprint density at radius 3 is 2.35 bits per heavy atom. The molecular formula is C18H25ClO. The molecule has 0 atom stereocenters. The lowest BCUT2D eigenvalue weighted by Crippen LogP contribution is -1.84. The van der Waals surface area contributed by atoms with Crippen LogP contribution in [0.25, 0.3) is 11.0 Å². The summed E-state index contributed by atoms with van der Waals surface area (Å²) < 4.78 is 5.82. The van der Waals surface area contributed by atoms with E-state index >= 15 is 0 Å². The first-order valence-corrected chi connectivity index (χ1v) is 8.35. The van der Waals surface area contributed by atoms with Gasteiger partial charge in [0.15, 0.2) is 0 Å². The van der Waals surface area contributed by atoms with Crippen LogP contribution in [0.5, 0.6) is 0 Å². The number of fused-ring (bicyclic) bond motifs is 1. The van der Waals surface area contributed by atoms with Gasteiger partial charge >= 0.3 is 0 Å². The molecular weight excluding hydrogens is 268 g/mol. The topological polar surface area (TPSA) is 13.1 Å². The summed E-state index contributed by atoms with van der Waals surface area (Å²) >= 11 is 5.97. The molecule has 110 valence electrons. The Balaban J connectivity index is 1.65. The Kier molecular flexibility index (Phi) is 6.46. The van der Waals surface area contributed by atoms with Crippen molar-refractivity contribution in [1.82, 2.24) is 0 Å². The summed E-state index contributed by atoms with van der Waals surface area (Å²) in [5.41, 5.74) is 0.909. The van der Waals surface area contributed by atoms with Crippen molar-refractivity contribution >= 4 is 22.6 Å². The van der Waals surface area contributed by atoms with E-state index in [4.69, 9.17) is 16.0 Å². The molecule has 1 heterocycles. The van der Waals surface area contributed by atoms with Crippen LogP contribution >= 0.6 is 11.6 Å². The SMILES string of the molecule is CCCCCCCCCCc1cc2ccc(Cl)cc2o1. The fourth-order valence-corrected chi connectivity index (χ4v) is 2.78. The monoisotopic (exact) mass is 292 g/mol. The van der Waals surface area contributed by atoms with Crippen molar-refractivity contribution in [3.8, 4) is 0 Å². The molecule has 0 fully saturated rings. The van der Waals surface area contributed by atoms with Gasteiger partial charge in [-0.15, -0.1) is 0 Å². The average Bonchev–Trinajstić information content (AvgIpc) is 2.83. The van der Waals surface area contributed by atoms with Gasteiger partial charge in [0.25, 0.3) is 0 Å². The van der Waals surface area contributed by atoms with E-state index in [9.17, 15) is 0 Å². The van der Waals surface area contributed by atoms with E-state index < -0.39 is 0 Å². The second kappa shape index (κ2) is 8.36. The lowest BCUT2D eigenvalue weighted by atomic mass is 10.1. The van der Waals surface area contributed by atoms with Crippen LogP contribution in [0.2, 0.25) is 5.02 Å². The molecule has 0 saturated heterocycles. The number of aryl methyl sites for hydroxylation is 1. The highest BCUT2D eigenvalue weighted by molar-refractivity contribution is 6.31. The Morgan fingerprint density at radius 2 is 1.60 bits per heavy atom. The summed E-state index contributed by atoms with van der Waals surface area (Å²) in [6.45, 7) is 2.26. The third kappa shape index (κ3) is 4.86. The highest BCUT2D eigenvalue weighted by Crippen LogP contribution is 2.24. The van der Waals surface area contributed by atoms with Gasteiger partial charge in [0.2, 0.25) is 0 Å². The van der Waals surface area contributed by atoms with Crippen LogP contribution in [-0.4, -0.2) is 0 Å². The van der Waals surface area contributed by atoms with Gasteiger partial charge in [-0.3, -0.25) is 0 Å². The van der Waals surface area contributed by atoms with Gasteiger partial charge in [0, 0.05) is 16.8 Å². The standard InChI is InChI=1S/C18H25ClO/c1-2-3-4-5-6-7-8-9-10-17-13-15-11-12-16(19)14-18(15)20-17/h11-14H,2-10H2,1H3. The van der Waals surface area contributed by atoms with Gasteiger partial charge in [-0.1, -0.05) is 63.5 Å². The molecule has 1 aromatic carbocycles. The van der Waals surface area contributed by atoms with Crippen LogP contribution in [0.4, 0.5) is 0 Å². The fourth-order valence-electron chi connectivity index (χ4n) is 2.62. The van der Waals surface area contributed by atoms with Crippen LogP contribution in [0.15, 0.2) is 28.7 Å². The van der Waals surface area contributed by atoms with E-state index in [0.717, 1.165) is 28.2 Å². The second-order valence-corrected chi connectivity index (χ2v) is 6.06. The summed E-state index contributed by atoms with van der Waals surface area (Å²) in [6, 6.07) is 7.99. The van der Waals surface area contributed by atoms with Crippen molar-refractivity contribution in [3.63, 3.8) is 0 Å². The van der Waals surface area contributed by atoms with Gasteiger partial charge < -0.3 is 4.42 Å². The zero-order valence-corrected chi connectivity index (χ0v) is 13.2. The van der Waals surface area contributed by atoms with Crippen molar-refractivity contribution in [2.45, 2.75) is 64.7 Å². The van der Waals surface area contributed by atoms with Gasteiger partial charge in [-0.2, -0.15) is 0 Å². The molecule has 0 spiro atoms. The Hall–Kier alpha value is -0.950. The number of furan rings is 1. The van der Waals surface area contributed by atoms with Gasteiger partial charge in [0.05, 0.1) is 0 Å². The molecule has 2 aromatic rings. The van der Waals surface area contributed by atoms with Crippen molar-refractivity contribution in [2.24, 2.45) is 0 Å². The summed E-state index contributed by atoms with van der Waals surface area (Å²) in [5, 5.41) is 1.90. The van der Waals surface area contributed by atoms with E-state index in [1.54, 1.807) is 0 Å². The number of hydrogen-bond acceptors (Lipinski definition) is 1. The molecule has 0 saturated carbocycles. The third-order valence-electron chi connectivity index (χ3n) is 3.81. The highest BCUT2D eigenvalue weighted by atomic mass is 35.5. The summed E-state index contributed by atoms with van der Waals surface area (Å²) in [7, 11) is 0. The first-order valence-electron chi connectivity index (χ1n) is 7.97. The van der Waals surface area contributed by atoms with Crippen LogP contribution in [0.1, 0.15) is 64.1 Å². The number of rotatable bonds is 9. The van der Waals surface area contributed by atoms with Gasteiger partial charge in [-0.05, 0) is 30.7 Å². The minimum Gasteiger partial charge on any atom is -0.461 e. The molecule has 0 aliphatic heterocycles. The average molecular weight is 293 g/mol. The largest absolute Gasteiger partial charge is 0.461 e. The van der Waals surface area contributed by atoms with E-state index in [0.29, 0.717) is 0 Å². The van der Waals surface area contributed by atoms with Crippen molar-refractivity contribution in [1.29, 1.82) is 0 Å². The lowest BCUT2D eigenvalue weighted by molar-refractivity contribution is 0.518. The molecule has 1 nitrogen and oxygen atoms in total. The summed E-state index contributed by atoms with van der Waals surface area (Å²) in [5.74, 6) is 1.09. The highest BCUT2D eigenvalue weighted by Gasteiger charge is 2.04. The molecule has 2 rings (SSSR count). The van der Waals surface area contributed by atoms with Crippen molar-refractivity contribution in [3.05, 3.63) is 35.0 Å². The molecule has 0 aliphatic rings. The zero-order chi connectivity index (χ0) is 14.2. The number of unbranched alkanes of at least 4 members (excludes halogenated alkanes) is 7. The molecule has 1 aromatic heterocycles. The quantitative estimate of drug-likeness (QED) is 0.465. The van der Waals surface area contributed by atoms with E-state index in [2.05, 4.69) is 13.0 Å². The van der Waals surface area contributed by atoms with Crippen LogP contribution < -0.4 is 0 Å². The predicted molar refractivity (Wildman–Crippen MR) is 87.5 cm³/mol. The first kappa shape index (κ1) is 15.4. The Morgan fingerprint density at radius 1 is 0.900 bits per heavy atom. The molecule has 0 unspecified atom stereocenters.